The molecule has 0 spiro atoms. The van der Waals surface area contributed by atoms with Gasteiger partial charge in [0, 0.05) is 37.1 Å². The largest absolute Gasteiger partial charge is 0.392 e. The Kier molecular flexibility index (Phi) is 13.2. The molecule has 1 saturated heterocycles. The molecule has 1 aromatic heterocycles. The lowest BCUT2D eigenvalue weighted by atomic mass is 9.99. The van der Waals surface area contributed by atoms with Crippen molar-refractivity contribution in [2.45, 2.75) is 80.9 Å². The molecule has 6 rings (SSSR count). The number of carbonyl (C=O) groups is 2. The molecule has 0 radical (unpaired) electrons. The molecule has 0 unspecified atom stereocenters. The fourth-order valence-corrected chi connectivity index (χ4v) is 8.21. The van der Waals surface area contributed by atoms with Crippen molar-refractivity contribution in [3.05, 3.63) is 119 Å². The number of rotatable bonds is 16. The van der Waals surface area contributed by atoms with Crippen molar-refractivity contribution in [3.63, 3.8) is 0 Å². The molecule has 1 fully saturated rings. The molecule has 0 saturated carbocycles. The van der Waals surface area contributed by atoms with Crippen LogP contribution < -0.4 is 10.8 Å². The van der Waals surface area contributed by atoms with Gasteiger partial charge in [-0.25, -0.2) is 10.5 Å². The van der Waals surface area contributed by atoms with Crippen LogP contribution in [0.3, 0.4) is 0 Å². The summed E-state index contributed by atoms with van der Waals surface area (Å²) in [5, 5.41) is 21.2. The molecule has 1 aliphatic rings. The van der Waals surface area contributed by atoms with Gasteiger partial charge in [-0.3, -0.25) is 14.8 Å². The van der Waals surface area contributed by atoms with Gasteiger partial charge in [0.15, 0.2) is 10.6 Å². The quantitative estimate of drug-likeness (QED) is 0.0346. The Labute approximate surface area is 306 Å². The van der Waals surface area contributed by atoms with E-state index in [9.17, 15) is 14.7 Å². The van der Waals surface area contributed by atoms with Gasteiger partial charge in [-0.15, -0.1) is 11.3 Å². The number of para-hydroxylation sites is 1. The predicted octanol–water partition coefficient (Wildman–Crippen LogP) is 8.26. The third kappa shape index (κ3) is 10.5. The van der Waals surface area contributed by atoms with Gasteiger partial charge in [-0.1, -0.05) is 97.4 Å². The molecular weight excluding hydrogens is 683 g/mol. The number of carbonyl (C=O) groups excluding carboxylic acids is 2. The molecule has 0 bridgehead atoms. The highest BCUT2D eigenvalue weighted by Gasteiger charge is 2.32. The van der Waals surface area contributed by atoms with Gasteiger partial charge in [-0.2, -0.15) is 0 Å². The minimum absolute atomic E-state index is 0.00138. The lowest BCUT2D eigenvalue weighted by Crippen LogP contribution is -2.31. The van der Waals surface area contributed by atoms with Gasteiger partial charge >= 0.3 is 0 Å². The Morgan fingerprint density at radius 2 is 1.55 bits per heavy atom. The van der Waals surface area contributed by atoms with Crippen molar-refractivity contribution < 1.29 is 29.4 Å². The van der Waals surface area contributed by atoms with E-state index in [0.29, 0.717) is 25.8 Å². The van der Waals surface area contributed by atoms with Crippen molar-refractivity contribution in [2.24, 2.45) is 0 Å². The van der Waals surface area contributed by atoms with E-state index < -0.39 is 6.29 Å². The van der Waals surface area contributed by atoms with Crippen molar-refractivity contribution in [1.29, 1.82) is 0 Å². The molecule has 1 aliphatic heterocycles. The van der Waals surface area contributed by atoms with Crippen LogP contribution in [0.4, 0.5) is 0 Å². The summed E-state index contributed by atoms with van der Waals surface area (Å²) in [5.41, 5.74) is 8.55. The zero-order valence-electron chi connectivity index (χ0n) is 28.3. The summed E-state index contributed by atoms with van der Waals surface area (Å²) in [7, 11) is 0. The molecule has 3 atom stereocenters. The van der Waals surface area contributed by atoms with Gasteiger partial charge in [0.2, 0.25) is 11.8 Å². The monoisotopic (exact) mass is 725 g/mol. The Bertz CT molecular complexity index is 1870. The number of benzene rings is 4. The molecule has 4 N–H and O–H groups in total. The van der Waals surface area contributed by atoms with Crippen LogP contribution in [-0.2, 0) is 32.2 Å². The van der Waals surface area contributed by atoms with Crippen molar-refractivity contribution in [2.75, 3.05) is 5.75 Å². The highest BCUT2D eigenvalue weighted by Crippen LogP contribution is 2.41. The number of hydrogen-bond acceptors (Lipinski definition) is 9. The summed E-state index contributed by atoms with van der Waals surface area (Å²) >= 11 is 3.41. The second-order valence-corrected chi connectivity index (χ2v) is 15.0. The van der Waals surface area contributed by atoms with E-state index in [1.807, 2.05) is 66.7 Å². The van der Waals surface area contributed by atoms with E-state index in [0.717, 1.165) is 68.3 Å². The number of ether oxygens (including phenoxy) is 2. The molecule has 2 amide bonds. The first-order valence-electron chi connectivity index (χ1n) is 17.4. The Morgan fingerprint density at radius 3 is 2.31 bits per heavy atom. The predicted molar refractivity (Wildman–Crippen MR) is 200 cm³/mol. The van der Waals surface area contributed by atoms with E-state index >= 15 is 0 Å². The number of hydroxylamine groups is 1. The second-order valence-electron chi connectivity index (χ2n) is 12.7. The standard InChI is InChI=1S/C40H43N3O6S2/c44-25-27-17-19-29(20-18-27)35-23-33(26-50-40-42-34-13-5-6-14-36(34)51-40)48-39(49-35)32-12-8-11-31(22-32)30-10-7-9-28(21-30)24-41-37(45)15-3-1-2-4-16-38(46)43-47/h5-14,17-22,33,35,39,44,47H,1-4,15-16,23-26H2,(H,41,45)(H,43,46)/t33-,35+,39+/m1/s1. The molecular formula is C40H43N3O6S2. The lowest BCUT2D eigenvalue weighted by molar-refractivity contribution is -0.245. The van der Waals surface area contributed by atoms with E-state index in [-0.39, 0.29) is 37.0 Å². The summed E-state index contributed by atoms with van der Waals surface area (Å²) in [6, 6.07) is 32.5. The van der Waals surface area contributed by atoms with Gasteiger partial charge in [-0.05, 0) is 64.9 Å². The number of amides is 2. The molecule has 266 valence electrons. The van der Waals surface area contributed by atoms with Gasteiger partial charge in [0.1, 0.15) is 0 Å². The van der Waals surface area contributed by atoms with Gasteiger partial charge in [0.25, 0.3) is 0 Å². The number of unbranched alkanes of at least 4 members (excludes halogenated alkanes) is 3. The number of thiazole rings is 1. The maximum Gasteiger partial charge on any atom is 0.243 e. The van der Waals surface area contributed by atoms with E-state index in [4.69, 9.17) is 19.7 Å². The summed E-state index contributed by atoms with van der Waals surface area (Å²) in [6.07, 6.45) is 3.71. The van der Waals surface area contributed by atoms with Crippen molar-refractivity contribution >= 4 is 45.1 Å². The number of fused-ring (bicyclic) bond motifs is 1. The Morgan fingerprint density at radius 1 is 0.804 bits per heavy atom. The lowest BCUT2D eigenvalue weighted by Gasteiger charge is -2.36. The van der Waals surface area contributed by atoms with Crippen LogP contribution in [0, 0.1) is 0 Å². The van der Waals surface area contributed by atoms with E-state index in [2.05, 4.69) is 35.6 Å². The zero-order chi connectivity index (χ0) is 35.4. The summed E-state index contributed by atoms with van der Waals surface area (Å²) in [4.78, 5) is 28.4. The third-order valence-corrected chi connectivity index (χ3v) is 11.2. The second kappa shape index (κ2) is 18.4. The number of aliphatic hydroxyl groups is 1. The molecule has 51 heavy (non-hydrogen) atoms. The van der Waals surface area contributed by atoms with Crippen molar-refractivity contribution in [3.8, 4) is 11.1 Å². The SMILES string of the molecule is O=C(CCCCCCC(=O)NCc1cccc(-c2cccc([C@H]3O[C@@H](CSc4nc5ccccc5s4)C[C@@H](c4ccc(CO)cc4)O3)c2)c1)NO. The maximum atomic E-state index is 12.5. The molecule has 5 aromatic rings. The number of hydrogen-bond donors (Lipinski definition) is 4. The fourth-order valence-electron chi connectivity index (χ4n) is 6.10. The maximum absolute atomic E-state index is 12.5. The minimum Gasteiger partial charge on any atom is -0.392 e. The zero-order valence-corrected chi connectivity index (χ0v) is 30.0. The fraction of sp³-hybridized carbons (Fsp3) is 0.325. The number of thioether (sulfide) groups is 1. The summed E-state index contributed by atoms with van der Waals surface area (Å²) in [5.74, 6) is 0.355. The number of aliphatic hydroxyl groups excluding tert-OH is 1. The van der Waals surface area contributed by atoms with Crippen LogP contribution in [0.25, 0.3) is 21.3 Å². The molecule has 4 aromatic carbocycles. The van der Waals surface area contributed by atoms with E-state index in [1.54, 1.807) is 28.6 Å². The first-order valence-corrected chi connectivity index (χ1v) is 19.2. The molecule has 0 aliphatic carbocycles. The summed E-state index contributed by atoms with van der Waals surface area (Å²) < 4.78 is 15.5. The highest BCUT2D eigenvalue weighted by molar-refractivity contribution is 8.01. The number of nitrogens with zero attached hydrogens (tertiary/aromatic N) is 1. The molecule has 2 heterocycles. The van der Waals surface area contributed by atoms with Crippen LogP contribution in [0.1, 0.15) is 79.6 Å². The van der Waals surface area contributed by atoms with Gasteiger partial charge < -0.3 is 19.9 Å². The molecule has 11 heteroatoms. The minimum atomic E-state index is -0.573. The third-order valence-electron chi connectivity index (χ3n) is 8.87. The molecule has 9 nitrogen and oxygen atoms in total. The Hall–Kier alpha value is -4.10. The summed E-state index contributed by atoms with van der Waals surface area (Å²) in [6.45, 7) is 0.429. The van der Waals surface area contributed by atoms with Crippen LogP contribution in [0.15, 0.2) is 101 Å². The average molecular weight is 726 g/mol. The van der Waals surface area contributed by atoms with Crippen LogP contribution in [-0.4, -0.2) is 39.0 Å². The first kappa shape index (κ1) is 36.7. The van der Waals surface area contributed by atoms with Crippen LogP contribution in [0.2, 0.25) is 0 Å². The van der Waals surface area contributed by atoms with E-state index in [1.165, 1.54) is 4.70 Å². The number of nitrogens with one attached hydrogen (secondary N) is 2. The highest BCUT2D eigenvalue weighted by atomic mass is 32.2. The number of aromatic nitrogens is 1. The van der Waals surface area contributed by atoms with Crippen LogP contribution >= 0.6 is 23.1 Å². The van der Waals surface area contributed by atoms with Crippen LogP contribution in [0.5, 0.6) is 0 Å². The van der Waals surface area contributed by atoms with Gasteiger partial charge in [0.05, 0.1) is 29.0 Å². The Balaban J connectivity index is 1.10. The van der Waals surface area contributed by atoms with Crippen molar-refractivity contribution in [1.82, 2.24) is 15.8 Å². The topological polar surface area (TPSA) is 130 Å². The normalized spacial score (nSPS) is 17.3. The first-order chi connectivity index (χ1) is 25.0. The smallest absolute Gasteiger partial charge is 0.243 e. The average Bonchev–Trinajstić information content (AvgIpc) is 3.61.